The number of carbonyl (C=O) groups excluding carboxylic acids is 1. The molecule has 2 aromatic heterocycles. The van der Waals surface area contributed by atoms with E-state index >= 15 is 0 Å². The van der Waals surface area contributed by atoms with Crippen LogP contribution in [0.3, 0.4) is 0 Å². The number of furan rings is 1. The fourth-order valence-electron chi connectivity index (χ4n) is 4.37. The van der Waals surface area contributed by atoms with Crippen molar-refractivity contribution in [3.05, 3.63) is 96.1 Å². The molecule has 0 atom stereocenters. The molecule has 5 aromatic rings. The molecule has 0 aliphatic heterocycles. The molecule has 0 unspecified atom stereocenters. The lowest BCUT2D eigenvalue weighted by Gasteiger charge is -2.10. The molecular weight excluding hydrogens is 443 g/mol. The number of halogens is 1. The Kier molecular flexibility index (Phi) is 6.10. The quantitative estimate of drug-likeness (QED) is 0.268. The van der Waals surface area contributed by atoms with E-state index < -0.39 is 0 Å². The minimum absolute atomic E-state index is 0.171. The van der Waals surface area contributed by atoms with Crippen LogP contribution in [-0.2, 0) is 11.2 Å². The normalized spacial score (nSPS) is 11.8. The van der Waals surface area contributed by atoms with Crippen LogP contribution < -0.4 is 10.1 Å². The van der Waals surface area contributed by atoms with Crippen molar-refractivity contribution >= 4 is 33.4 Å². The third-order valence-electron chi connectivity index (χ3n) is 6.19. The van der Waals surface area contributed by atoms with Crippen molar-refractivity contribution in [1.29, 1.82) is 0 Å². The van der Waals surface area contributed by atoms with Gasteiger partial charge in [0.2, 0.25) is 5.91 Å². The van der Waals surface area contributed by atoms with Crippen LogP contribution >= 0.6 is 0 Å². The summed E-state index contributed by atoms with van der Waals surface area (Å²) in [7, 11) is 1.59. The number of benzene rings is 3. The number of nitrogens with one attached hydrogen (secondary N) is 2. The van der Waals surface area contributed by atoms with Crippen molar-refractivity contribution in [3.63, 3.8) is 0 Å². The Balaban J connectivity index is 1.36. The van der Waals surface area contributed by atoms with Crippen molar-refractivity contribution < 1.29 is 18.3 Å². The highest BCUT2D eigenvalue weighted by Gasteiger charge is 2.15. The number of rotatable bonds is 7. The molecule has 0 bridgehead atoms. The van der Waals surface area contributed by atoms with Gasteiger partial charge in [-0.05, 0) is 54.3 Å². The highest BCUT2D eigenvalue weighted by Crippen LogP contribution is 2.37. The molecule has 1 amide bonds. The first-order valence-corrected chi connectivity index (χ1v) is 11.4. The second kappa shape index (κ2) is 9.50. The predicted molar refractivity (Wildman–Crippen MR) is 137 cm³/mol. The van der Waals surface area contributed by atoms with Gasteiger partial charge in [0.15, 0.2) is 0 Å². The first-order chi connectivity index (χ1) is 17.0. The van der Waals surface area contributed by atoms with E-state index in [1.165, 1.54) is 23.1 Å². The Bertz CT molecular complexity index is 1540. The number of carbonyl (C=O) groups is 1. The van der Waals surface area contributed by atoms with E-state index in [1.54, 1.807) is 31.6 Å². The van der Waals surface area contributed by atoms with Crippen molar-refractivity contribution in [2.75, 3.05) is 13.7 Å². The first-order valence-electron chi connectivity index (χ1n) is 11.4. The van der Waals surface area contributed by atoms with E-state index in [1.807, 2.05) is 43.5 Å². The minimum atomic E-state index is -0.293. The molecule has 0 aliphatic rings. The van der Waals surface area contributed by atoms with Gasteiger partial charge >= 0.3 is 0 Å². The number of aromatic amines is 1. The van der Waals surface area contributed by atoms with Gasteiger partial charge in [0.25, 0.3) is 0 Å². The summed E-state index contributed by atoms with van der Waals surface area (Å²) in [5.41, 5.74) is 6.16. The van der Waals surface area contributed by atoms with Crippen molar-refractivity contribution in [2.24, 2.45) is 0 Å². The van der Waals surface area contributed by atoms with Gasteiger partial charge in [-0.15, -0.1) is 0 Å². The molecule has 0 aliphatic carbocycles. The van der Waals surface area contributed by atoms with Gasteiger partial charge in [-0.1, -0.05) is 30.3 Å². The van der Waals surface area contributed by atoms with Gasteiger partial charge < -0.3 is 19.5 Å². The Morgan fingerprint density at radius 3 is 2.71 bits per heavy atom. The van der Waals surface area contributed by atoms with Gasteiger partial charge in [0, 0.05) is 52.3 Å². The summed E-state index contributed by atoms with van der Waals surface area (Å²) in [6, 6.07) is 18.1. The van der Waals surface area contributed by atoms with Crippen LogP contribution in [0.4, 0.5) is 4.39 Å². The first kappa shape index (κ1) is 22.5. The van der Waals surface area contributed by atoms with Gasteiger partial charge in [-0.2, -0.15) is 0 Å². The Morgan fingerprint density at radius 1 is 1.11 bits per heavy atom. The van der Waals surface area contributed by atoms with E-state index in [0.717, 1.165) is 39.6 Å². The summed E-state index contributed by atoms with van der Waals surface area (Å²) >= 11 is 0. The maximum atomic E-state index is 13.4. The highest BCUT2D eigenvalue weighted by molar-refractivity contribution is 6.00. The smallest absolute Gasteiger partial charge is 0.244 e. The summed E-state index contributed by atoms with van der Waals surface area (Å²) in [5, 5.41) is 5.01. The number of methoxy groups -OCH3 is 1. The average Bonchev–Trinajstić information content (AvgIpc) is 3.47. The van der Waals surface area contributed by atoms with Crippen LogP contribution in [0.1, 0.15) is 18.1 Å². The summed E-state index contributed by atoms with van der Waals surface area (Å²) in [6.07, 6.45) is 5.95. The molecule has 0 radical (unpaired) electrons. The van der Waals surface area contributed by atoms with E-state index in [4.69, 9.17) is 9.15 Å². The highest BCUT2D eigenvalue weighted by atomic mass is 19.1. The topological polar surface area (TPSA) is 67.3 Å². The molecule has 0 saturated carbocycles. The molecule has 5 nitrogen and oxygen atoms in total. The lowest BCUT2D eigenvalue weighted by Crippen LogP contribution is -2.23. The van der Waals surface area contributed by atoms with Crippen LogP contribution in [-0.4, -0.2) is 24.5 Å². The minimum Gasteiger partial charge on any atom is -0.496 e. The third-order valence-corrected chi connectivity index (χ3v) is 6.19. The largest absolute Gasteiger partial charge is 0.496 e. The lowest BCUT2D eigenvalue weighted by molar-refractivity contribution is -0.116. The SMILES string of the molecule is COc1cc2occ(-c3ccc(F)cc3)c2cc1/C(C)=C/C(=O)NCCc1c[nH]c2ccccc12. The predicted octanol–water partition coefficient (Wildman–Crippen LogP) is 6.49. The second-order valence-electron chi connectivity index (χ2n) is 8.43. The molecule has 3 aromatic carbocycles. The van der Waals surface area contributed by atoms with E-state index in [-0.39, 0.29) is 11.7 Å². The van der Waals surface area contributed by atoms with Gasteiger partial charge in [0.05, 0.1) is 13.4 Å². The summed E-state index contributed by atoms with van der Waals surface area (Å²) in [4.78, 5) is 15.9. The van der Waals surface area contributed by atoms with Gasteiger partial charge in [-0.3, -0.25) is 4.79 Å². The van der Waals surface area contributed by atoms with E-state index in [0.29, 0.717) is 17.9 Å². The van der Waals surface area contributed by atoms with Crippen LogP contribution in [0, 0.1) is 5.82 Å². The zero-order chi connectivity index (χ0) is 24.4. The van der Waals surface area contributed by atoms with Gasteiger partial charge in [-0.25, -0.2) is 4.39 Å². The maximum absolute atomic E-state index is 13.4. The third kappa shape index (κ3) is 4.55. The molecule has 0 spiro atoms. The molecular formula is C29H25FN2O3. The molecule has 2 N–H and O–H groups in total. The fourth-order valence-corrected chi connectivity index (χ4v) is 4.37. The second-order valence-corrected chi connectivity index (χ2v) is 8.43. The molecule has 0 saturated heterocycles. The fraction of sp³-hybridized carbons (Fsp3) is 0.138. The zero-order valence-electron chi connectivity index (χ0n) is 19.5. The number of H-pyrrole nitrogens is 1. The Morgan fingerprint density at radius 2 is 1.91 bits per heavy atom. The number of para-hydroxylation sites is 1. The molecule has 176 valence electrons. The van der Waals surface area contributed by atoms with E-state index in [2.05, 4.69) is 16.4 Å². The Hall–Kier alpha value is -4.32. The lowest BCUT2D eigenvalue weighted by atomic mass is 9.99. The number of ether oxygens (including phenoxy) is 1. The van der Waals surface area contributed by atoms with Crippen molar-refractivity contribution in [1.82, 2.24) is 10.3 Å². The number of amides is 1. The molecule has 0 fully saturated rings. The van der Waals surface area contributed by atoms with Crippen molar-refractivity contribution in [2.45, 2.75) is 13.3 Å². The monoisotopic (exact) mass is 468 g/mol. The number of hydrogen-bond donors (Lipinski definition) is 2. The Labute approximate surface area is 202 Å². The zero-order valence-corrected chi connectivity index (χ0v) is 19.5. The average molecular weight is 469 g/mol. The summed E-state index contributed by atoms with van der Waals surface area (Å²) in [5.74, 6) is 0.145. The maximum Gasteiger partial charge on any atom is 0.244 e. The number of fused-ring (bicyclic) bond motifs is 2. The van der Waals surface area contributed by atoms with E-state index in [9.17, 15) is 9.18 Å². The molecule has 35 heavy (non-hydrogen) atoms. The molecule has 5 rings (SSSR count). The van der Waals surface area contributed by atoms with Crippen LogP contribution in [0.15, 0.2) is 83.6 Å². The van der Waals surface area contributed by atoms with Gasteiger partial charge in [0.1, 0.15) is 17.1 Å². The summed E-state index contributed by atoms with van der Waals surface area (Å²) in [6.45, 7) is 2.40. The van der Waals surface area contributed by atoms with Crippen molar-refractivity contribution in [3.8, 4) is 16.9 Å². The molecule has 2 heterocycles. The number of aromatic nitrogens is 1. The van der Waals surface area contributed by atoms with Crippen LogP contribution in [0.25, 0.3) is 38.6 Å². The van der Waals surface area contributed by atoms with Crippen LogP contribution in [0.5, 0.6) is 5.75 Å². The molecule has 6 heteroatoms. The summed E-state index contributed by atoms with van der Waals surface area (Å²) < 4.78 is 24.7. The standard InChI is InChI=1S/C29H25FN2O3/c1-18(13-29(33)31-12-11-20-16-32-26-6-4-3-5-22(20)26)23-14-24-25(19-7-9-21(30)10-8-19)17-35-28(24)15-27(23)34-2/h3-10,13-17,32H,11-12H2,1-2H3,(H,31,33)/b18-13+. The number of allylic oxidation sites excluding steroid dienone is 1. The number of hydrogen-bond acceptors (Lipinski definition) is 3. The van der Waals surface area contributed by atoms with Crippen LogP contribution in [0.2, 0.25) is 0 Å².